The van der Waals surface area contributed by atoms with Gasteiger partial charge in [-0.05, 0) is 23.3 Å². The summed E-state index contributed by atoms with van der Waals surface area (Å²) >= 11 is 0. The van der Waals surface area contributed by atoms with Crippen molar-refractivity contribution in [2.45, 2.75) is 20.0 Å². The Hall–Kier alpha value is -1.84. The van der Waals surface area contributed by atoms with Gasteiger partial charge in [0.15, 0.2) is 0 Å². The molecule has 1 aliphatic heterocycles. The van der Waals surface area contributed by atoms with Gasteiger partial charge in [-0.3, -0.25) is 9.59 Å². The highest BCUT2D eigenvalue weighted by molar-refractivity contribution is 5.76. The third-order valence-corrected chi connectivity index (χ3v) is 2.92. The maximum absolute atomic E-state index is 11.2. The van der Waals surface area contributed by atoms with Gasteiger partial charge in [-0.1, -0.05) is 6.07 Å². The molecule has 2 rings (SSSR count). The first-order valence-corrected chi connectivity index (χ1v) is 5.17. The van der Waals surface area contributed by atoms with E-state index in [4.69, 9.17) is 0 Å². The van der Waals surface area contributed by atoms with E-state index in [1.54, 1.807) is 18.9 Å². The number of amides is 2. The smallest absolute Gasteiger partial charge is 0.220 e. The molecule has 2 amide bonds. The van der Waals surface area contributed by atoms with Crippen molar-refractivity contribution in [1.29, 1.82) is 0 Å². The first kappa shape index (κ1) is 10.7. The zero-order chi connectivity index (χ0) is 11.7. The van der Waals surface area contributed by atoms with Crippen LogP contribution in [0.15, 0.2) is 18.2 Å². The summed E-state index contributed by atoms with van der Waals surface area (Å²) in [6, 6.07) is 5.84. The van der Waals surface area contributed by atoms with Crippen LogP contribution in [0, 0.1) is 0 Å². The largest absolute Gasteiger partial charge is 0.334 e. The van der Waals surface area contributed by atoms with Crippen molar-refractivity contribution in [3.63, 3.8) is 0 Å². The van der Waals surface area contributed by atoms with Crippen LogP contribution in [0.2, 0.25) is 0 Å². The van der Waals surface area contributed by atoms with Crippen LogP contribution in [0.3, 0.4) is 0 Å². The van der Waals surface area contributed by atoms with Crippen molar-refractivity contribution in [1.82, 2.24) is 4.90 Å². The van der Waals surface area contributed by atoms with Gasteiger partial charge in [0, 0.05) is 32.7 Å². The van der Waals surface area contributed by atoms with Crippen LogP contribution in [0.5, 0.6) is 0 Å². The maximum atomic E-state index is 11.2. The number of rotatable bonds is 2. The Morgan fingerprint density at radius 2 is 2.06 bits per heavy atom. The standard InChI is InChI=1S/C12H14N2O2/c1-9(16)14-6-10-3-4-12(13(2)8-15)5-11(10)7-14/h3-5,8H,6-7H2,1-2H3. The Balaban J connectivity index is 2.27. The fraction of sp³-hybridized carbons (Fsp3) is 0.333. The highest BCUT2D eigenvalue weighted by Crippen LogP contribution is 2.26. The summed E-state index contributed by atoms with van der Waals surface area (Å²) < 4.78 is 0. The molecule has 0 N–H and O–H groups in total. The van der Waals surface area contributed by atoms with E-state index < -0.39 is 0 Å². The van der Waals surface area contributed by atoms with Crippen LogP contribution in [0.1, 0.15) is 18.1 Å². The van der Waals surface area contributed by atoms with Gasteiger partial charge < -0.3 is 9.80 Å². The first-order valence-electron chi connectivity index (χ1n) is 5.17. The Morgan fingerprint density at radius 3 is 2.69 bits per heavy atom. The summed E-state index contributed by atoms with van der Waals surface area (Å²) in [5, 5.41) is 0. The average Bonchev–Trinajstić information content (AvgIpc) is 2.70. The van der Waals surface area contributed by atoms with E-state index in [0.717, 1.165) is 17.7 Å². The van der Waals surface area contributed by atoms with E-state index in [9.17, 15) is 9.59 Å². The summed E-state index contributed by atoms with van der Waals surface area (Å²) in [7, 11) is 1.71. The molecule has 4 heteroatoms. The van der Waals surface area contributed by atoms with Crippen LogP contribution >= 0.6 is 0 Å². The third kappa shape index (κ3) is 1.78. The number of carbonyl (C=O) groups is 2. The van der Waals surface area contributed by atoms with Crippen molar-refractivity contribution in [2.75, 3.05) is 11.9 Å². The quantitative estimate of drug-likeness (QED) is 0.698. The van der Waals surface area contributed by atoms with Crippen LogP contribution < -0.4 is 4.90 Å². The van der Waals surface area contributed by atoms with Gasteiger partial charge in [0.2, 0.25) is 12.3 Å². The molecule has 0 atom stereocenters. The van der Waals surface area contributed by atoms with Gasteiger partial charge in [-0.2, -0.15) is 0 Å². The Morgan fingerprint density at radius 1 is 1.38 bits per heavy atom. The summed E-state index contributed by atoms with van der Waals surface area (Å²) in [6.45, 7) is 2.89. The minimum Gasteiger partial charge on any atom is -0.334 e. The number of carbonyl (C=O) groups excluding carboxylic acids is 2. The molecule has 0 unspecified atom stereocenters. The highest BCUT2D eigenvalue weighted by Gasteiger charge is 2.21. The zero-order valence-corrected chi connectivity index (χ0v) is 9.43. The summed E-state index contributed by atoms with van der Waals surface area (Å²) in [5.41, 5.74) is 3.15. The van der Waals surface area contributed by atoms with E-state index in [1.807, 2.05) is 18.2 Å². The summed E-state index contributed by atoms with van der Waals surface area (Å²) in [5.74, 6) is 0.0847. The zero-order valence-electron chi connectivity index (χ0n) is 9.43. The summed E-state index contributed by atoms with van der Waals surface area (Å²) in [4.78, 5) is 25.2. The second kappa shape index (κ2) is 3.96. The van der Waals surface area contributed by atoms with Crippen molar-refractivity contribution in [3.8, 4) is 0 Å². The molecule has 0 bridgehead atoms. The number of hydrogen-bond acceptors (Lipinski definition) is 2. The van der Waals surface area contributed by atoms with Gasteiger partial charge in [0.1, 0.15) is 0 Å². The van der Waals surface area contributed by atoms with Gasteiger partial charge in [0.05, 0.1) is 0 Å². The second-order valence-corrected chi connectivity index (χ2v) is 4.04. The molecule has 0 aromatic heterocycles. The molecule has 1 aliphatic rings. The molecular weight excluding hydrogens is 204 g/mol. The number of anilines is 1. The van der Waals surface area contributed by atoms with Gasteiger partial charge in [-0.15, -0.1) is 0 Å². The Bertz CT molecular complexity index is 443. The van der Waals surface area contributed by atoms with Crippen molar-refractivity contribution in [2.24, 2.45) is 0 Å². The monoisotopic (exact) mass is 218 g/mol. The molecule has 0 saturated heterocycles. The number of nitrogens with zero attached hydrogens (tertiary/aromatic N) is 2. The topological polar surface area (TPSA) is 40.6 Å². The van der Waals surface area contributed by atoms with Crippen LogP contribution in [-0.4, -0.2) is 24.3 Å². The van der Waals surface area contributed by atoms with Gasteiger partial charge in [-0.25, -0.2) is 0 Å². The van der Waals surface area contributed by atoms with Crippen molar-refractivity contribution < 1.29 is 9.59 Å². The molecule has 0 fully saturated rings. The molecule has 1 aromatic carbocycles. The highest BCUT2D eigenvalue weighted by atomic mass is 16.2. The maximum Gasteiger partial charge on any atom is 0.220 e. The van der Waals surface area contributed by atoms with E-state index in [1.165, 1.54) is 10.5 Å². The molecule has 4 nitrogen and oxygen atoms in total. The third-order valence-electron chi connectivity index (χ3n) is 2.92. The molecule has 84 valence electrons. The fourth-order valence-corrected chi connectivity index (χ4v) is 1.88. The molecule has 1 heterocycles. The second-order valence-electron chi connectivity index (χ2n) is 4.04. The summed E-state index contributed by atoms with van der Waals surface area (Å²) in [6.07, 6.45) is 0.777. The minimum atomic E-state index is 0.0847. The average molecular weight is 218 g/mol. The van der Waals surface area contributed by atoms with Crippen LogP contribution in [0.25, 0.3) is 0 Å². The number of hydrogen-bond donors (Lipinski definition) is 0. The fourth-order valence-electron chi connectivity index (χ4n) is 1.88. The normalized spacial score (nSPS) is 13.5. The van der Waals surface area contributed by atoms with Crippen LogP contribution in [-0.2, 0) is 22.7 Å². The predicted molar refractivity (Wildman–Crippen MR) is 60.8 cm³/mol. The Kier molecular flexibility index (Phi) is 2.64. The van der Waals surface area contributed by atoms with E-state index in [-0.39, 0.29) is 5.91 Å². The van der Waals surface area contributed by atoms with E-state index in [2.05, 4.69) is 0 Å². The van der Waals surface area contributed by atoms with E-state index in [0.29, 0.717) is 13.1 Å². The molecule has 16 heavy (non-hydrogen) atoms. The van der Waals surface area contributed by atoms with Crippen LogP contribution in [0.4, 0.5) is 5.69 Å². The lowest BCUT2D eigenvalue weighted by molar-refractivity contribution is -0.129. The lowest BCUT2D eigenvalue weighted by atomic mass is 10.1. The predicted octanol–water partition coefficient (Wildman–Crippen LogP) is 1.14. The lowest BCUT2D eigenvalue weighted by Gasteiger charge is -2.12. The molecule has 0 aliphatic carbocycles. The SMILES string of the molecule is CC(=O)N1Cc2ccc(N(C)C=O)cc2C1. The first-order chi connectivity index (χ1) is 7.61. The van der Waals surface area contributed by atoms with E-state index >= 15 is 0 Å². The van der Waals surface area contributed by atoms with Crippen molar-refractivity contribution in [3.05, 3.63) is 29.3 Å². The Labute approximate surface area is 94.5 Å². The molecule has 1 aromatic rings. The van der Waals surface area contributed by atoms with Gasteiger partial charge >= 0.3 is 0 Å². The molecule has 0 saturated carbocycles. The number of benzene rings is 1. The van der Waals surface area contributed by atoms with Gasteiger partial charge in [0.25, 0.3) is 0 Å². The minimum absolute atomic E-state index is 0.0847. The lowest BCUT2D eigenvalue weighted by Crippen LogP contribution is -2.21. The molecular formula is C12H14N2O2. The molecule has 0 spiro atoms. The molecule has 0 radical (unpaired) electrons. The number of fused-ring (bicyclic) bond motifs is 1. The van der Waals surface area contributed by atoms with Crippen molar-refractivity contribution >= 4 is 18.0 Å².